The fourth-order valence-corrected chi connectivity index (χ4v) is 1.37. The van der Waals surface area contributed by atoms with Crippen molar-refractivity contribution in [3.05, 3.63) is 45.5 Å². The monoisotopic (exact) mass is 237 g/mol. The molecule has 0 aliphatic rings. The van der Waals surface area contributed by atoms with E-state index in [1.807, 2.05) is 13.0 Å². The van der Waals surface area contributed by atoms with Crippen molar-refractivity contribution >= 4 is 5.88 Å². The summed E-state index contributed by atoms with van der Waals surface area (Å²) in [5.41, 5.74) is 0.781. The Kier molecular flexibility index (Phi) is 3.20. The van der Waals surface area contributed by atoms with Crippen molar-refractivity contribution < 1.29 is 13.9 Å². The zero-order chi connectivity index (χ0) is 12.3. The SMILES string of the molecule is Cc1cc(CNCc2ccc([N+](=O)[O-])o2)no1. The molecule has 2 aromatic heterocycles. The van der Waals surface area contributed by atoms with E-state index >= 15 is 0 Å². The van der Waals surface area contributed by atoms with Crippen LogP contribution in [0, 0.1) is 17.0 Å². The smallest absolute Gasteiger partial charge is 0.404 e. The van der Waals surface area contributed by atoms with Crippen molar-refractivity contribution in [2.75, 3.05) is 0 Å². The zero-order valence-corrected chi connectivity index (χ0v) is 9.17. The first-order valence-corrected chi connectivity index (χ1v) is 5.01. The predicted molar refractivity (Wildman–Crippen MR) is 57.1 cm³/mol. The fraction of sp³-hybridized carbons (Fsp3) is 0.300. The molecule has 1 N–H and O–H groups in total. The van der Waals surface area contributed by atoms with Crippen LogP contribution in [0.5, 0.6) is 0 Å². The topological polar surface area (TPSA) is 94.3 Å². The van der Waals surface area contributed by atoms with Crippen molar-refractivity contribution in [3.63, 3.8) is 0 Å². The standard InChI is InChI=1S/C10H11N3O4/c1-7-4-8(12-17-7)5-11-6-9-2-3-10(16-9)13(14)15/h2-4,11H,5-6H2,1H3. The zero-order valence-electron chi connectivity index (χ0n) is 9.17. The van der Waals surface area contributed by atoms with Gasteiger partial charge in [-0.2, -0.15) is 0 Å². The molecular weight excluding hydrogens is 226 g/mol. The first-order chi connectivity index (χ1) is 8.15. The normalized spacial score (nSPS) is 10.6. The Balaban J connectivity index is 1.83. The molecule has 0 bridgehead atoms. The Labute approximate surface area is 96.5 Å². The molecule has 0 fully saturated rings. The molecule has 0 unspecified atom stereocenters. The summed E-state index contributed by atoms with van der Waals surface area (Å²) in [6, 6.07) is 4.72. The third-order valence-corrected chi connectivity index (χ3v) is 2.11. The van der Waals surface area contributed by atoms with E-state index in [1.165, 1.54) is 6.07 Å². The second-order valence-corrected chi connectivity index (χ2v) is 3.53. The number of hydrogen-bond acceptors (Lipinski definition) is 6. The van der Waals surface area contributed by atoms with E-state index in [9.17, 15) is 10.1 Å². The van der Waals surface area contributed by atoms with Crippen molar-refractivity contribution in [1.82, 2.24) is 10.5 Å². The summed E-state index contributed by atoms with van der Waals surface area (Å²) >= 11 is 0. The first kappa shape index (κ1) is 11.3. The van der Waals surface area contributed by atoms with E-state index in [2.05, 4.69) is 10.5 Å². The molecule has 0 radical (unpaired) electrons. The fourth-order valence-electron chi connectivity index (χ4n) is 1.37. The second-order valence-electron chi connectivity index (χ2n) is 3.53. The maximum atomic E-state index is 10.4. The molecule has 0 aromatic carbocycles. The average Bonchev–Trinajstić information content (AvgIpc) is 2.88. The van der Waals surface area contributed by atoms with E-state index in [4.69, 9.17) is 8.94 Å². The van der Waals surface area contributed by atoms with Crippen LogP contribution < -0.4 is 5.32 Å². The van der Waals surface area contributed by atoms with Crippen LogP contribution in [0.25, 0.3) is 0 Å². The summed E-state index contributed by atoms with van der Waals surface area (Å²) in [6.07, 6.45) is 0. The van der Waals surface area contributed by atoms with Gasteiger partial charge in [0.2, 0.25) is 0 Å². The van der Waals surface area contributed by atoms with Gasteiger partial charge in [-0.1, -0.05) is 5.16 Å². The van der Waals surface area contributed by atoms with Crippen LogP contribution in [0.3, 0.4) is 0 Å². The minimum atomic E-state index is -0.565. The molecule has 90 valence electrons. The lowest BCUT2D eigenvalue weighted by molar-refractivity contribution is -0.402. The summed E-state index contributed by atoms with van der Waals surface area (Å²) < 4.78 is 9.88. The summed E-state index contributed by atoms with van der Waals surface area (Å²) in [7, 11) is 0. The minimum absolute atomic E-state index is 0.251. The maximum Gasteiger partial charge on any atom is 0.433 e. The molecule has 0 saturated carbocycles. The highest BCUT2D eigenvalue weighted by atomic mass is 16.6. The summed E-state index contributed by atoms with van der Waals surface area (Å²) in [5, 5.41) is 17.2. The molecule has 7 heteroatoms. The molecule has 0 aliphatic heterocycles. The van der Waals surface area contributed by atoms with Crippen LogP contribution >= 0.6 is 0 Å². The third kappa shape index (κ3) is 2.91. The van der Waals surface area contributed by atoms with Gasteiger partial charge in [0.05, 0.1) is 18.3 Å². The summed E-state index contributed by atoms with van der Waals surface area (Å²) in [4.78, 5) is 9.82. The number of hydrogen-bond donors (Lipinski definition) is 1. The first-order valence-electron chi connectivity index (χ1n) is 5.01. The molecular formula is C10H11N3O4. The molecule has 7 nitrogen and oxygen atoms in total. The van der Waals surface area contributed by atoms with Gasteiger partial charge in [-0.25, -0.2) is 0 Å². The van der Waals surface area contributed by atoms with Crippen LogP contribution in [0.2, 0.25) is 0 Å². The van der Waals surface area contributed by atoms with Gasteiger partial charge in [-0.15, -0.1) is 0 Å². The lowest BCUT2D eigenvalue weighted by Gasteiger charge is -1.97. The van der Waals surface area contributed by atoms with Crippen molar-refractivity contribution in [2.24, 2.45) is 0 Å². The van der Waals surface area contributed by atoms with Gasteiger partial charge in [0, 0.05) is 12.6 Å². The molecule has 0 spiro atoms. The number of nitrogens with zero attached hydrogens (tertiary/aromatic N) is 2. The highest BCUT2D eigenvalue weighted by molar-refractivity contribution is 5.17. The lowest BCUT2D eigenvalue weighted by atomic mass is 10.3. The Bertz CT molecular complexity index is 517. The predicted octanol–water partition coefficient (Wildman–Crippen LogP) is 1.77. The van der Waals surface area contributed by atoms with Crippen LogP contribution in [0.4, 0.5) is 5.88 Å². The molecule has 0 amide bonds. The van der Waals surface area contributed by atoms with Gasteiger partial charge in [0.15, 0.2) is 0 Å². The average molecular weight is 237 g/mol. The molecule has 2 aromatic rings. The highest BCUT2D eigenvalue weighted by Crippen LogP contribution is 2.15. The van der Waals surface area contributed by atoms with Gasteiger partial charge in [0.1, 0.15) is 16.4 Å². The number of rotatable bonds is 5. The Morgan fingerprint density at radius 1 is 1.47 bits per heavy atom. The van der Waals surface area contributed by atoms with Gasteiger partial charge in [-0.3, -0.25) is 10.1 Å². The van der Waals surface area contributed by atoms with Gasteiger partial charge in [-0.05, 0) is 13.0 Å². The molecule has 2 heterocycles. The van der Waals surface area contributed by atoms with E-state index in [1.54, 1.807) is 6.07 Å². The van der Waals surface area contributed by atoms with E-state index in [0.29, 0.717) is 18.8 Å². The number of aromatic nitrogens is 1. The van der Waals surface area contributed by atoms with Crippen molar-refractivity contribution in [2.45, 2.75) is 20.0 Å². The second kappa shape index (κ2) is 4.79. The molecule has 17 heavy (non-hydrogen) atoms. The van der Waals surface area contributed by atoms with Crippen LogP contribution in [-0.4, -0.2) is 10.1 Å². The minimum Gasteiger partial charge on any atom is -0.404 e. The van der Waals surface area contributed by atoms with E-state index in [-0.39, 0.29) is 5.88 Å². The molecule has 0 aliphatic carbocycles. The molecule has 2 rings (SSSR count). The van der Waals surface area contributed by atoms with E-state index < -0.39 is 4.92 Å². The van der Waals surface area contributed by atoms with Crippen LogP contribution in [-0.2, 0) is 13.1 Å². The number of nitrogens with one attached hydrogen (secondary N) is 1. The van der Waals surface area contributed by atoms with Gasteiger partial charge >= 0.3 is 5.88 Å². The number of furan rings is 1. The van der Waals surface area contributed by atoms with Crippen molar-refractivity contribution in [3.8, 4) is 0 Å². The van der Waals surface area contributed by atoms with Crippen LogP contribution in [0.1, 0.15) is 17.2 Å². The quantitative estimate of drug-likeness (QED) is 0.629. The Morgan fingerprint density at radius 3 is 2.88 bits per heavy atom. The Morgan fingerprint density at radius 2 is 2.29 bits per heavy atom. The van der Waals surface area contributed by atoms with E-state index in [0.717, 1.165) is 11.5 Å². The summed E-state index contributed by atoms with van der Waals surface area (Å²) in [6.45, 7) is 2.73. The number of nitro groups is 1. The highest BCUT2D eigenvalue weighted by Gasteiger charge is 2.11. The van der Waals surface area contributed by atoms with Crippen molar-refractivity contribution in [1.29, 1.82) is 0 Å². The van der Waals surface area contributed by atoms with Gasteiger partial charge < -0.3 is 14.3 Å². The summed E-state index contributed by atoms with van der Waals surface area (Å²) in [5.74, 6) is 1.01. The van der Waals surface area contributed by atoms with Gasteiger partial charge in [0.25, 0.3) is 0 Å². The maximum absolute atomic E-state index is 10.4. The lowest BCUT2D eigenvalue weighted by Crippen LogP contribution is -2.12. The Hall–Kier alpha value is -2.15. The third-order valence-electron chi connectivity index (χ3n) is 2.11. The number of aryl methyl sites for hydroxylation is 1. The van der Waals surface area contributed by atoms with Crippen LogP contribution in [0.15, 0.2) is 27.1 Å². The molecule has 0 atom stereocenters. The largest absolute Gasteiger partial charge is 0.433 e. The molecule has 0 saturated heterocycles.